The zero-order valence-electron chi connectivity index (χ0n) is 27.5. The van der Waals surface area contributed by atoms with Gasteiger partial charge in [-0.05, 0) is 83.7 Å². The van der Waals surface area contributed by atoms with Gasteiger partial charge in [-0.25, -0.2) is 0 Å². The summed E-state index contributed by atoms with van der Waals surface area (Å²) >= 11 is 0. The molecule has 0 aliphatic rings. The highest BCUT2D eigenvalue weighted by atomic mass is 16.5. The lowest BCUT2D eigenvalue weighted by atomic mass is 9.76. The van der Waals surface area contributed by atoms with Crippen LogP contribution in [0.2, 0.25) is 0 Å². The second-order valence-corrected chi connectivity index (χ2v) is 12.1. The van der Waals surface area contributed by atoms with Gasteiger partial charge in [0.25, 0.3) is 5.91 Å². The largest absolute Gasteiger partial charge is 0.493 e. The summed E-state index contributed by atoms with van der Waals surface area (Å²) in [7, 11) is 1.54. The van der Waals surface area contributed by atoms with Crippen LogP contribution in [0.3, 0.4) is 0 Å². The summed E-state index contributed by atoms with van der Waals surface area (Å²) in [6.07, 6.45) is 1.32. The van der Waals surface area contributed by atoms with Gasteiger partial charge in [0.15, 0.2) is 28.6 Å². The molecule has 3 aromatic rings. The van der Waals surface area contributed by atoms with Crippen molar-refractivity contribution in [2.75, 3.05) is 26.1 Å². The van der Waals surface area contributed by atoms with Gasteiger partial charge < -0.3 is 40.8 Å². The van der Waals surface area contributed by atoms with Crippen LogP contribution in [0.15, 0.2) is 34.9 Å². The van der Waals surface area contributed by atoms with Crippen molar-refractivity contribution in [2.45, 2.75) is 85.0 Å². The third-order valence-corrected chi connectivity index (χ3v) is 7.77. The highest BCUT2D eigenvalue weighted by molar-refractivity contribution is 6.23. The van der Waals surface area contributed by atoms with Gasteiger partial charge in [-0.3, -0.25) is 14.4 Å². The molecule has 3 rings (SSSR count). The van der Waals surface area contributed by atoms with Gasteiger partial charge in [-0.2, -0.15) is 0 Å². The van der Waals surface area contributed by atoms with Crippen LogP contribution in [0.5, 0.6) is 17.2 Å². The zero-order chi connectivity index (χ0) is 33.6. The molecule has 12 nitrogen and oxygen atoms in total. The summed E-state index contributed by atoms with van der Waals surface area (Å²) in [6.45, 7) is 13.5. The molecule has 2 aromatic carbocycles. The zero-order valence-corrected chi connectivity index (χ0v) is 27.5. The van der Waals surface area contributed by atoms with Crippen LogP contribution in [-0.2, 0) is 4.79 Å². The number of carbonyl (C=O) groups excluding carboxylic acids is 3. The predicted octanol–water partition coefficient (Wildman–Crippen LogP) is 4.37. The highest BCUT2D eigenvalue weighted by Crippen LogP contribution is 2.35. The van der Waals surface area contributed by atoms with Gasteiger partial charge in [-0.1, -0.05) is 19.0 Å². The average Bonchev–Trinajstić information content (AvgIpc) is 3.42. The quantitative estimate of drug-likeness (QED) is 0.0888. The minimum atomic E-state index is -1.86. The summed E-state index contributed by atoms with van der Waals surface area (Å²) < 4.78 is 22.7. The fourth-order valence-corrected chi connectivity index (χ4v) is 5.23. The van der Waals surface area contributed by atoms with Crippen molar-refractivity contribution >= 4 is 34.1 Å². The number of nitrogens with zero attached hydrogens (tertiary/aromatic N) is 2. The van der Waals surface area contributed by atoms with Gasteiger partial charge in [0.2, 0.25) is 5.78 Å². The topological polar surface area (TPSA) is 186 Å². The fourth-order valence-electron chi connectivity index (χ4n) is 5.23. The fraction of sp³-hybridized carbons (Fsp3) is 0.515. The van der Waals surface area contributed by atoms with Gasteiger partial charge in [0.1, 0.15) is 17.0 Å². The van der Waals surface area contributed by atoms with E-state index in [1.165, 1.54) is 6.92 Å². The van der Waals surface area contributed by atoms with E-state index in [9.17, 15) is 14.4 Å². The lowest BCUT2D eigenvalue weighted by Crippen LogP contribution is -2.63. The smallest absolute Gasteiger partial charge is 0.254 e. The number of fused-ring (bicyclic) bond motifs is 1. The average molecular weight is 626 g/mol. The van der Waals surface area contributed by atoms with E-state index in [1.807, 2.05) is 32.6 Å². The molecule has 0 aliphatic carbocycles. The number of benzene rings is 2. The number of ketones is 2. The molecule has 2 unspecified atom stereocenters. The number of rotatable bonds is 16. The van der Waals surface area contributed by atoms with Crippen molar-refractivity contribution in [3.63, 3.8) is 0 Å². The van der Waals surface area contributed by atoms with Crippen LogP contribution in [0.4, 0.5) is 5.69 Å². The Morgan fingerprint density at radius 1 is 0.911 bits per heavy atom. The van der Waals surface area contributed by atoms with Gasteiger partial charge in [0.05, 0.1) is 31.8 Å². The number of hydrogen-bond acceptors (Lipinski definition) is 11. The van der Waals surface area contributed by atoms with E-state index in [-0.39, 0.29) is 35.0 Å². The van der Waals surface area contributed by atoms with Crippen LogP contribution in [0, 0.1) is 5.92 Å². The number of nitrogen functional groups attached to an aromatic ring is 1. The summed E-state index contributed by atoms with van der Waals surface area (Å²) in [6, 6.07) is 7.62. The van der Waals surface area contributed by atoms with Gasteiger partial charge in [0, 0.05) is 17.6 Å². The molecule has 6 N–H and O–H groups in total. The number of Topliss-reactive ketones (excluding diaryl/α,β-unsaturated/α-hetero) is 2. The summed E-state index contributed by atoms with van der Waals surface area (Å²) in [5.74, 6) is -0.466. The molecule has 1 heterocycles. The summed E-state index contributed by atoms with van der Waals surface area (Å²) in [5, 5.41) is 4.24. The van der Waals surface area contributed by atoms with E-state index in [1.54, 1.807) is 51.3 Å². The highest BCUT2D eigenvalue weighted by Gasteiger charge is 2.47. The molecule has 45 heavy (non-hydrogen) atoms. The molecule has 1 amide bonds. The molecule has 0 aliphatic heterocycles. The van der Waals surface area contributed by atoms with Gasteiger partial charge >= 0.3 is 0 Å². The first-order valence-corrected chi connectivity index (χ1v) is 15.2. The van der Waals surface area contributed by atoms with Crippen LogP contribution in [0.25, 0.3) is 11.0 Å². The number of anilines is 1. The Morgan fingerprint density at radius 3 is 2.02 bits per heavy atom. The molecule has 0 bridgehead atoms. The Morgan fingerprint density at radius 2 is 1.49 bits per heavy atom. The SMILES string of the molecule is COc1cc(C(=O)N(C(C)C)C(C)C)ccc1OCCCCOc1ccc2c(C(=O)C(N)(C(=O)C(C)N)C(C)C)noc2c1N. The maximum absolute atomic E-state index is 13.4. The second-order valence-electron chi connectivity index (χ2n) is 12.1. The molecule has 0 spiro atoms. The maximum Gasteiger partial charge on any atom is 0.254 e. The Balaban J connectivity index is 1.60. The lowest BCUT2D eigenvalue weighted by molar-refractivity contribution is -0.124. The molecule has 0 saturated carbocycles. The first kappa shape index (κ1) is 35.3. The van der Waals surface area contributed by atoms with Crippen LogP contribution >= 0.6 is 0 Å². The molecule has 12 heteroatoms. The predicted molar refractivity (Wildman–Crippen MR) is 173 cm³/mol. The standard InChI is InChI=1S/C33H47N5O7/c1-18(2)33(36,30(39)21(7)34)31(40)28-23-12-14-25(27(35)29(23)45-37-28)44-16-10-9-15-43-24-13-11-22(17-26(24)42-8)32(41)38(19(3)4)20(5)6/h11-14,17-21H,9-10,15-16,34-36H2,1-8H3. The number of nitrogens with two attached hydrogens (primary N) is 3. The number of aromatic nitrogens is 1. The minimum Gasteiger partial charge on any atom is -0.493 e. The summed E-state index contributed by atoms with van der Waals surface area (Å²) in [4.78, 5) is 41.1. The van der Waals surface area contributed by atoms with E-state index in [2.05, 4.69) is 5.16 Å². The van der Waals surface area contributed by atoms with E-state index in [0.717, 1.165) is 0 Å². The normalized spacial score (nSPS) is 13.6. The molecule has 1 aromatic heterocycles. The Hall–Kier alpha value is -4.16. The maximum atomic E-state index is 13.4. The molecule has 0 saturated heterocycles. The number of amides is 1. The van der Waals surface area contributed by atoms with Crippen LogP contribution < -0.4 is 31.4 Å². The van der Waals surface area contributed by atoms with E-state index in [0.29, 0.717) is 54.3 Å². The second kappa shape index (κ2) is 14.7. The van der Waals surface area contributed by atoms with Gasteiger partial charge in [-0.15, -0.1) is 0 Å². The number of unbranched alkanes of at least 4 members (excludes halogenated alkanes) is 1. The lowest BCUT2D eigenvalue weighted by Gasteiger charge is -2.31. The molecular formula is C33H47N5O7. The Bertz CT molecular complexity index is 1510. The first-order valence-electron chi connectivity index (χ1n) is 15.2. The monoisotopic (exact) mass is 625 g/mol. The molecule has 0 radical (unpaired) electrons. The van der Waals surface area contributed by atoms with Crippen molar-refractivity contribution < 1.29 is 33.1 Å². The molecule has 246 valence electrons. The number of methoxy groups -OCH3 is 1. The van der Waals surface area contributed by atoms with Crippen molar-refractivity contribution in [1.29, 1.82) is 0 Å². The van der Waals surface area contributed by atoms with Crippen molar-refractivity contribution in [2.24, 2.45) is 17.4 Å². The van der Waals surface area contributed by atoms with E-state index >= 15 is 0 Å². The number of ether oxygens (including phenoxy) is 3. The van der Waals surface area contributed by atoms with E-state index in [4.69, 9.17) is 35.9 Å². The third kappa shape index (κ3) is 7.39. The van der Waals surface area contributed by atoms with Crippen molar-refractivity contribution in [3.8, 4) is 17.2 Å². The van der Waals surface area contributed by atoms with Crippen LogP contribution in [0.1, 0.15) is 82.2 Å². The van der Waals surface area contributed by atoms with Crippen molar-refractivity contribution in [1.82, 2.24) is 10.1 Å². The van der Waals surface area contributed by atoms with E-state index < -0.39 is 29.1 Å². The number of carbonyl (C=O) groups is 3. The van der Waals surface area contributed by atoms with Crippen LogP contribution in [-0.4, -0.2) is 71.5 Å². The molecular weight excluding hydrogens is 578 g/mol. The number of hydrogen-bond donors (Lipinski definition) is 3. The first-order chi connectivity index (χ1) is 21.2. The summed E-state index contributed by atoms with van der Waals surface area (Å²) in [5.41, 5.74) is 17.3. The van der Waals surface area contributed by atoms with Crippen molar-refractivity contribution in [3.05, 3.63) is 41.6 Å². The Labute approximate surface area is 264 Å². The third-order valence-electron chi connectivity index (χ3n) is 7.77. The molecule has 2 atom stereocenters. The molecule has 0 fully saturated rings. The Kier molecular flexibility index (Phi) is 11.6. The minimum absolute atomic E-state index is 0.0630.